The van der Waals surface area contributed by atoms with E-state index in [4.69, 9.17) is 0 Å². The van der Waals surface area contributed by atoms with Crippen molar-refractivity contribution in [2.45, 2.75) is 46.1 Å². The number of nitrogens with one attached hydrogen (secondary N) is 1. The molecule has 0 fully saturated rings. The third kappa shape index (κ3) is 4.75. The van der Waals surface area contributed by atoms with E-state index in [0.717, 1.165) is 13.0 Å². The van der Waals surface area contributed by atoms with Crippen LogP contribution in [0.3, 0.4) is 0 Å². The number of hydrogen-bond donors (Lipinski definition) is 1. The van der Waals surface area contributed by atoms with Gasteiger partial charge < -0.3 is 5.32 Å². The Labute approximate surface area is 99.5 Å². The molecule has 0 aromatic carbocycles. The Morgan fingerprint density at radius 3 is 2.69 bits per heavy atom. The van der Waals surface area contributed by atoms with Crippen LogP contribution in [0.4, 0.5) is 0 Å². The van der Waals surface area contributed by atoms with Gasteiger partial charge in [-0.1, -0.05) is 26.8 Å². The van der Waals surface area contributed by atoms with Gasteiger partial charge in [0.05, 0.1) is 0 Å². The fraction of sp³-hybridized carbons (Fsp3) is 0.643. The highest BCUT2D eigenvalue weighted by Crippen LogP contribution is 2.10. The van der Waals surface area contributed by atoms with E-state index < -0.39 is 0 Å². The summed E-state index contributed by atoms with van der Waals surface area (Å²) in [6.45, 7) is 7.81. The summed E-state index contributed by atoms with van der Waals surface area (Å²) in [5.74, 6) is 0.712. The van der Waals surface area contributed by atoms with Crippen LogP contribution < -0.4 is 5.32 Å². The van der Waals surface area contributed by atoms with Crippen LogP contribution in [0.2, 0.25) is 0 Å². The zero-order chi connectivity index (χ0) is 11.8. The van der Waals surface area contributed by atoms with Crippen LogP contribution in [0.25, 0.3) is 0 Å². The predicted octanol–water partition coefficient (Wildman–Crippen LogP) is 3.04. The molecule has 0 amide bonds. The first kappa shape index (κ1) is 13.2. The molecule has 1 aromatic heterocycles. The van der Waals surface area contributed by atoms with Gasteiger partial charge in [-0.25, -0.2) is 0 Å². The van der Waals surface area contributed by atoms with E-state index in [2.05, 4.69) is 43.2 Å². The average Bonchev–Trinajstić information content (AvgIpc) is 2.29. The zero-order valence-corrected chi connectivity index (χ0v) is 10.7. The molecular formula is C14H24N2. The van der Waals surface area contributed by atoms with Crippen molar-refractivity contribution in [3.05, 3.63) is 30.1 Å². The van der Waals surface area contributed by atoms with Crippen molar-refractivity contribution in [3.8, 4) is 0 Å². The molecule has 2 nitrogen and oxygen atoms in total. The standard InChI is InChI=1S/C14H24N2/c1-4-15-14(12(2)3)10-7-9-13-8-5-6-11-16-13/h5-6,8,11-12,14-15H,4,7,9-10H2,1-3H3. The largest absolute Gasteiger partial charge is 0.314 e. The Morgan fingerprint density at radius 1 is 1.31 bits per heavy atom. The maximum Gasteiger partial charge on any atom is 0.0403 e. The molecule has 1 unspecified atom stereocenters. The van der Waals surface area contributed by atoms with E-state index in [1.807, 2.05) is 12.3 Å². The van der Waals surface area contributed by atoms with Crippen molar-refractivity contribution >= 4 is 0 Å². The van der Waals surface area contributed by atoms with Gasteiger partial charge in [-0.2, -0.15) is 0 Å². The van der Waals surface area contributed by atoms with Gasteiger partial charge in [0.25, 0.3) is 0 Å². The van der Waals surface area contributed by atoms with Crippen LogP contribution in [0.1, 0.15) is 39.3 Å². The van der Waals surface area contributed by atoms with Crippen LogP contribution >= 0.6 is 0 Å². The normalized spacial score (nSPS) is 13.0. The Bertz CT molecular complexity index is 269. The summed E-state index contributed by atoms with van der Waals surface area (Å²) >= 11 is 0. The number of aryl methyl sites for hydroxylation is 1. The van der Waals surface area contributed by atoms with Gasteiger partial charge in [0.1, 0.15) is 0 Å². The van der Waals surface area contributed by atoms with E-state index in [1.165, 1.54) is 18.5 Å². The van der Waals surface area contributed by atoms with Crippen LogP contribution in [0, 0.1) is 5.92 Å². The number of pyridine rings is 1. The Balaban J connectivity index is 2.28. The van der Waals surface area contributed by atoms with Crippen LogP contribution in [-0.2, 0) is 6.42 Å². The Hall–Kier alpha value is -0.890. The van der Waals surface area contributed by atoms with E-state index in [1.54, 1.807) is 0 Å². The molecule has 1 heterocycles. The smallest absolute Gasteiger partial charge is 0.0403 e. The molecule has 1 N–H and O–H groups in total. The highest BCUT2D eigenvalue weighted by molar-refractivity contribution is 5.03. The minimum Gasteiger partial charge on any atom is -0.314 e. The summed E-state index contributed by atoms with van der Waals surface area (Å²) in [6.07, 6.45) is 5.42. The van der Waals surface area contributed by atoms with Crippen molar-refractivity contribution in [2.75, 3.05) is 6.54 Å². The molecule has 2 heteroatoms. The summed E-state index contributed by atoms with van der Waals surface area (Å²) in [6, 6.07) is 6.79. The monoisotopic (exact) mass is 220 g/mol. The fourth-order valence-electron chi connectivity index (χ4n) is 1.98. The lowest BCUT2D eigenvalue weighted by atomic mass is 9.98. The fourth-order valence-corrected chi connectivity index (χ4v) is 1.98. The van der Waals surface area contributed by atoms with Gasteiger partial charge in [0.15, 0.2) is 0 Å². The van der Waals surface area contributed by atoms with Crippen LogP contribution in [0.5, 0.6) is 0 Å². The number of rotatable bonds is 7. The third-order valence-electron chi connectivity index (χ3n) is 2.95. The Kier molecular flexibility index (Phi) is 6.09. The molecule has 0 bridgehead atoms. The summed E-state index contributed by atoms with van der Waals surface area (Å²) in [7, 11) is 0. The lowest BCUT2D eigenvalue weighted by Crippen LogP contribution is -2.33. The molecule has 0 aliphatic heterocycles. The van der Waals surface area contributed by atoms with Crippen LogP contribution in [-0.4, -0.2) is 17.6 Å². The molecule has 0 saturated carbocycles. The van der Waals surface area contributed by atoms with Gasteiger partial charge in [-0.05, 0) is 43.9 Å². The molecule has 0 aliphatic rings. The number of nitrogens with zero attached hydrogens (tertiary/aromatic N) is 1. The molecule has 0 saturated heterocycles. The second-order valence-corrected chi connectivity index (χ2v) is 4.62. The first-order valence-electron chi connectivity index (χ1n) is 6.37. The second kappa shape index (κ2) is 7.39. The van der Waals surface area contributed by atoms with E-state index in [9.17, 15) is 0 Å². The lowest BCUT2D eigenvalue weighted by molar-refractivity contribution is 0.376. The topological polar surface area (TPSA) is 24.9 Å². The third-order valence-corrected chi connectivity index (χ3v) is 2.95. The molecular weight excluding hydrogens is 196 g/mol. The SMILES string of the molecule is CCNC(CCCc1ccccn1)C(C)C. The molecule has 16 heavy (non-hydrogen) atoms. The molecule has 0 spiro atoms. The first-order chi connectivity index (χ1) is 7.74. The van der Waals surface area contributed by atoms with Gasteiger partial charge in [-0.15, -0.1) is 0 Å². The minimum atomic E-state index is 0.647. The van der Waals surface area contributed by atoms with E-state index >= 15 is 0 Å². The van der Waals surface area contributed by atoms with Crippen molar-refractivity contribution < 1.29 is 0 Å². The Morgan fingerprint density at radius 2 is 2.12 bits per heavy atom. The molecule has 0 radical (unpaired) electrons. The first-order valence-corrected chi connectivity index (χ1v) is 6.37. The molecule has 1 aromatic rings. The molecule has 1 atom stereocenters. The molecule has 90 valence electrons. The maximum atomic E-state index is 4.35. The molecule has 0 aliphatic carbocycles. The van der Waals surface area contributed by atoms with Gasteiger partial charge >= 0.3 is 0 Å². The highest BCUT2D eigenvalue weighted by atomic mass is 14.9. The summed E-state index contributed by atoms with van der Waals surface area (Å²) in [5, 5.41) is 3.55. The average molecular weight is 220 g/mol. The van der Waals surface area contributed by atoms with Crippen molar-refractivity contribution in [2.24, 2.45) is 5.92 Å². The quantitative estimate of drug-likeness (QED) is 0.764. The predicted molar refractivity (Wildman–Crippen MR) is 69.5 cm³/mol. The van der Waals surface area contributed by atoms with Crippen molar-refractivity contribution in [3.63, 3.8) is 0 Å². The summed E-state index contributed by atoms with van der Waals surface area (Å²) < 4.78 is 0. The van der Waals surface area contributed by atoms with Gasteiger partial charge in [0, 0.05) is 17.9 Å². The zero-order valence-electron chi connectivity index (χ0n) is 10.7. The van der Waals surface area contributed by atoms with Gasteiger partial charge in [-0.3, -0.25) is 4.98 Å². The van der Waals surface area contributed by atoms with E-state index in [0.29, 0.717) is 12.0 Å². The van der Waals surface area contributed by atoms with Crippen molar-refractivity contribution in [1.82, 2.24) is 10.3 Å². The minimum absolute atomic E-state index is 0.647. The van der Waals surface area contributed by atoms with Crippen LogP contribution in [0.15, 0.2) is 24.4 Å². The van der Waals surface area contributed by atoms with Gasteiger partial charge in [0.2, 0.25) is 0 Å². The summed E-state index contributed by atoms with van der Waals surface area (Å²) in [5.41, 5.74) is 1.21. The lowest BCUT2D eigenvalue weighted by Gasteiger charge is -2.21. The van der Waals surface area contributed by atoms with Crippen molar-refractivity contribution in [1.29, 1.82) is 0 Å². The summed E-state index contributed by atoms with van der Waals surface area (Å²) in [4.78, 5) is 4.35. The van der Waals surface area contributed by atoms with E-state index in [-0.39, 0.29) is 0 Å². The number of aromatic nitrogens is 1. The second-order valence-electron chi connectivity index (χ2n) is 4.62. The molecule has 1 rings (SSSR count). The number of hydrogen-bond acceptors (Lipinski definition) is 2. The highest BCUT2D eigenvalue weighted by Gasteiger charge is 2.11. The maximum absolute atomic E-state index is 4.35.